The van der Waals surface area contributed by atoms with Crippen LogP contribution in [0.15, 0.2) is 17.1 Å². The maximum atomic E-state index is 11.6. The second-order valence-electron chi connectivity index (χ2n) is 5.30. The molecule has 1 saturated carbocycles. The molecule has 114 valence electrons. The van der Waals surface area contributed by atoms with Crippen molar-refractivity contribution in [3.05, 3.63) is 22.6 Å². The van der Waals surface area contributed by atoms with Crippen molar-refractivity contribution < 1.29 is 4.74 Å². The molecule has 0 unspecified atom stereocenters. The van der Waals surface area contributed by atoms with Crippen LogP contribution in [0.2, 0.25) is 0 Å². The van der Waals surface area contributed by atoms with Gasteiger partial charge in [-0.1, -0.05) is 30.6 Å². The monoisotopic (exact) mass is 308 g/mol. The predicted octanol–water partition coefficient (Wildman–Crippen LogP) is 2.30. The van der Waals surface area contributed by atoms with Gasteiger partial charge in [0.25, 0.3) is 5.56 Å². The minimum atomic E-state index is -0.148. The first kappa shape index (κ1) is 14.5. The molecule has 1 fully saturated rings. The summed E-state index contributed by atoms with van der Waals surface area (Å²) in [6, 6.07) is 1.41. The number of hydrogen-bond acceptors (Lipinski definition) is 6. The average Bonchev–Trinajstić information content (AvgIpc) is 2.92. The van der Waals surface area contributed by atoms with Crippen LogP contribution < -0.4 is 10.9 Å². The summed E-state index contributed by atoms with van der Waals surface area (Å²) >= 11 is 1.39. The van der Waals surface area contributed by atoms with E-state index < -0.39 is 0 Å². The number of nitrogens with one attached hydrogen (secondary N) is 1. The Morgan fingerprint density at radius 3 is 3.05 bits per heavy atom. The van der Waals surface area contributed by atoms with Crippen LogP contribution in [-0.4, -0.2) is 33.9 Å². The molecule has 2 heterocycles. The van der Waals surface area contributed by atoms with Gasteiger partial charge in [-0.2, -0.15) is 4.52 Å². The summed E-state index contributed by atoms with van der Waals surface area (Å²) in [5.41, 5.74) is -0.148. The summed E-state index contributed by atoms with van der Waals surface area (Å²) in [6.07, 6.45) is 9.29. The van der Waals surface area contributed by atoms with E-state index in [9.17, 15) is 4.79 Å². The quantitative estimate of drug-likeness (QED) is 0.829. The predicted molar refractivity (Wildman–Crippen MR) is 83.1 cm³/mol. The molecule has 0 aromatic carbocycles. The third-order valence-electron chi connectivity index (χ3n) is 3.67. The van der Waals surface area contributed by atoms with Crippen molar-refractivity contribution in [2.45, 2.75) is 44.6 Å². The van der Waals surface area contributed by atoms with Crippen LogP contribution in [0.4, 0.5) is 5.13 Å². The lowest BCUT2D eigenvalue weighted by Gasteiger charge is -2.21. The molecule has 7 heteroatoms. The minimum absolute atomic E-state index is 0.148. The molecule has 6 nitrogen and oxygen atoms in total. The molecule has 0 saturated heterocycles. The average molecular weight is 308 g/mol. The van der Waals surface area contributed by atoms with Gasteiger partial charge in [0.1, 0.15) is 0 Å². The second kappa shape index (κ2) is 7.00. The number of fused-ring (bicyclic) bond motifs is 1. The number of hydrogen-bond donors (Lipinski definition) is 1. The third kappa shape index (κ3) is 3.79. The molecule has 0 amide bonds. The van der Waals surface area contributed by atoms with Gasteiger partial charge < -0.3 is 10.1 Å². The molecule has 0 bridgehead atoms. The van der Waals surface area contributed by atoms with E-state index in [1.807, 2.05) is 0 Å². The summed E-state index contributed by atoms with van der Waals surface area (Å²) in [5.74, 6) is 0. The Hall–Kier alpha value is -1.47. The van der Waals surface area contributed by atoms with Crippen LogP contribution in [0.5, 0.6) is 0 Å². The van der Waals surface area contributed by atoms with Crippen molar-refractivity contribution in [2.75, 3.05) is 18.5 Å². The maximum absolute atomic E-state index is 11.6. The van der Waals surface area contributed by atoms with Crippen molar-refractivity contribution in [1.82, 2.24) is 14.6 Å². The summed E-state index contributed by atoms with van der Waals surface area (Å²) in [6.45, 7) is 1.57. The van der Waals surface area contributed by atoms with Gasteiger partial charge in [0.05, 0.1) is 6.10 Å². The third-order valence-corrected chi connectivity index (χ3v) is 4.55. The molecule has 0 radical (unpaired) electrons. The van der Waals surface area contributed by atoms with E-state index >= 15 is 0 Å². The molecule has 2 aromatic heterocycles. The van der Waals surface area contributed by atoms with Gasteiger partial charge in [-0.15, -0.1) is 5.10 Å². The number of anilines is 1. The van der Waals surface area contributed by atoms with Crippen molar-refractivity contribution in [3.8, 4) is 0 Å². The van der Waals surface area contributed by atoms with E-state index in [-0.39, 0.29) is 5.56 Å². The van der Waals surface area contributed by atoms with Gasteiger partial charge in [-0.25, -0.2) is 4.98 Å². The Kier molecular flexibility index (Phi) is 4.82. The fraction of sp³-hybridized carbons (Fsp3) is 0.643. The Labute approximate surface area is 127 Å². The van der Waals surface area contributed by atoms with E-state index in [2.05, 4.69) is 15.4 Å². The maximum Gasteiger partial charge on any atom is 0.275 e. The molecule has 0 spiro atoms. The first-order chi connectivity index (χ1) is 10.3. The van der Waals surface area contributed by atoms with Crippen LogP contribution >= 0.6 is 11.3 Å². The largest absolute Gasteiger partial charge is 0.378 e. The highest BCUT2D eigenvalue weighted by atomic mass is 32.1. The van der Waals surface area contributed by atoms with Crippen LogP contribution in [0, 0.1) is 0 Å². The minimum Gasteiger partial charge on any atom is -0.378 e. The lowest BCUT2D eigenvalue weighted by atomic mass is 9.98. The van der Waals surface area contributed by atoms with Crippen LogP contribution in [0.1, 0.15) is 38.5 Å². The van der Waals surface area contributed by atoms with Gasteiger partial charge in [-0.3, -0.25) is 4.79 Å². The number of nitrogens with zero attached hydrogens (tertiary/aromatic N) is 3. The SMILES string of the molecule is O=c1ccnc2sc(NCCCOC3CCCCC3)nn12. The Bertz CT molecular complexity index is 633. The van der Waals surface area contributed by atoms with Gasteiger partial charge in [0, 0.05) is 25.4 Å². The summed E-state index contributed by atoms with van der Waals surface area (Å²) < 4.78 is 7.20. The zero-order valence-electron chi connectivity index (χ0n) is 12.0. The number of aromatic nitrogens is 3. The van der Waals surface area contributed by atoms with E-state index in [1.165, 1.54) is 60.2 Å². The molecule has 0 atom stereocenters. The summed E-state index contributed by atoms with van der Waals surface area (Å²) in [5, 5.41) is 8.16. The number of rotatable bonds is 6. The summed E-state index contributed by atoms with van der Waals surface area (Å²) in [7, 11) is 0. The second-order valence-corrected chi connectivity index (χ2v) is 6.25. The zero-order chi connectivity index (χ0) is 14.5. The normalized spacial score (nSPS) is 16.4. The Balaban J connectivity index is 1.42. The van der Waals surface area contributed by atoms with Gasteiger partial charge >= 0.3 is 0 Å². The van der Waals surface area contributed by atoms with E-state index in [0.717, 1.165) is 24.7 Å². The van der Waals surface area contributed by atoms with Gasteiger partial charge in [0.2, 0.25) is 10.1 Å². The smallest absolute Gasteiger partial charge is 0.275 e. The fourth-order valence-electron chi connectivity index (χ4n) is 2.56. The van der Waals surface area contributed by atoms with Crippen LogP contribution in [0.25, 0.3) is 4.96 Å². The summed E-state index contributed by atoms with van der Waals surface area (Å²) in [4.78, 5) is 16.3. The fourth-order valence-corrected chi connectivity index (χ4v) is 3.36. The van der Waals surface area contributed by atoms with Crippen LogP contribution in [0.3, 0.4) is 0 Å². The number of ether oxygens (including phenoxy) is 1. The van der Waals surface area contributed by atoms with Gasteiger partial charge in [-0.05, 0) is 19.3 Å². The lowest BCUT2D eigenvalue weighted by molar-refractivity contribution is 0.0284. The van der Waals surface area contributed by atoms with E-state index in [0.29, 0.717) is 11.1 Å². The van der Waals surface area contributed by atoms with Crippen molar-refractivity contribution in [1.29, 1.82) is 0 Å². The Morgan fingerprint density at radius 2 is 2.24 bits per heavy atom. The molecular weight excluding hydrogens is 288 g/mol. The van der Waals surface area contributed by atoms with Gasteiger partial charge in [0.15, 0.2) is 0 Å². The molecule has 1 aliphatic rings. The first-order valence-corrected chi connectivity index (χ1v) is 8.35. The standard InChI is InChI=1S/C14H20N4O2S/c19-12-7-9-16-14-18(12)17-13(21-14)15-8-4-10-20-11-5-2-1-3-6-11/h7,9,11H,1-6,8,10H2,(H,15,17). The lowest BCUT2D eigenvalue weighted by Crippen LogP contribution is -2.18. The zero-order valence-corrected chi connectivity index (χ0v) is 12.8. The topological polar surface area (TPSA) is 68.5 Å². The molecule has 0 aliphatic heterocycles. The molecule has 3 rings (SSSR count). The first-order valence-electron chi connectivity index (χ1n) is 7.53. The molecular formula is C14H20N4O2S. The van der Waals surface area contributed by atoms with E-state index in [1.54, 1.807) is 0 Å². The highest BCUT2D eigenvalue weighted by Gasteiger charge is 2.13. The molecule has 21 heavy (non-hydrogen) atoms. The van der Waals surface area contributed by atoms with Crippen LogP contribution in [-0.2, 0) is 4.74 Å². The van der Waals surface area contributed by atoms with Crippen molar-refractivity contribution >= 4 is 21.4 Å². The van der Waals surface area contributed by atoms with Crippen molar-refractivity contribution in [2.24, 2.45) is 0 Å². The molecule has 1 aliphatic carbocycles. The Morgan fingerprint density at radius 1 is 1.38 bits per heavy atom. The molecule has 1 N–H and O–H groups in total. The highest BCUT2D eigenvalue weighted by Crippen LogP contribution is 2.20. The molecule has 2 aromatic rings. The van der Waals surface area contributed by atoms with E-state index in [4.69, 9.17) is 4.74 Å². The van der Waals surface area contributed by atoms with Crippen molar-refractivity contribution in [3.63, 3.8) is 0 Å². The highest BCUT2D eigenvalue weighted by molar-refractivity contribution is 7.20.